The molecule has 0 spiro atoms. The first-order chi connectivity index (χ1) is 10.1. The summed E-state index contributed by atoms with van der Waals surface area (Å²) in [6.45, 7) is 4.83. The van der Waals surface area contributed by atoms with E-state index in [0.717, 1.165) is 35.5 Å². The van der Waals surface area contributed by atoms with Crippen LogP contribution in [0.5, 0.6) is 5.75 Å². The van der Waals surface area contributed by atoms with Gasteiger partial charge in [0, 0.05) is 5.02 Å². The Hall–Kier alpha value is -1.55. The fourth-order valence-electron chi connectivity index (χ4n) is 2.29. The number of ether oxygens (including phenoxy) is 1. The topological polar surface area (TPSA) is 47.3 Å². The maximum Gasteiger partial charge on any atom is 0.119 e. The molecule has 0 aliphatic carbocycles. The molecule has 0 radical (unpaired) electrons. The van der Waals surface area contributed by atoms with E-state index < -0.39 is 0 Å². The molecule has 0 bridgehead atoms. The number of rotatable bonds is 6. The van der Waals surface area contributed by atoms with Crippen molar-refractivity contribution in [1.82, 2.24) is 5.43 Å². The highest BCUT2D eigenvalue weighted by atomic mass is 35.5. The second kappa shape index (κ2) is 7.46. The summed E-state index contributed by atoms with van der Waals surface area (Å²) in [5.41, 5.74) is 6.08. The van der Waals surface area contributed by atoms with Gasteiger partial charge in [-0.1, -0.05) is 36.7 Å². The number of nitrogens with one attached hydrogen (secondary N) is 1. The Morgan fingerprint density at radius 3 is 2.43 bits per heavy atom. The molecular weight excluding hydrogens is 284 g/mol. The lowest BCUT2D eigenvalue weighted by atomic mass is 9.98. The molecule has 0 fully saturated rings. The van der Waals surface area contributed by atoms with Gasteiger partial charge in [0.1, 0.15) is 5.75 Å². The molecule has 2 aromatic carbocycles. The monoisotopic (exact) mass is 304 g/mol. The Morgan fingerprint density at radius 2 is 1.86 bits per heavy atom. The summed E-state index contributed by atoms with van der Waals surface area (Å²) < 4.78 is 5.59. The SMILES string of the molecule is CCCOc1ccc(C(NN)c2cc(C)cc(Cl)c2)cc1. The van der Waals surface area contributed by atoms with Crippen LogP contribution in [0.2, 0.25) is 5.02 Å². The lowest BCUT2D eigenvalue weighted by Gasteiger charge is -2.18. The third kappa shape index (κ3) is 4.21. The average Bonchev–Trinajstić information content (AvgIpc) is 2.46. The maximum absolute atomic E-state index is 6.13. The van der Waals surface area contributed by atoms with Gasteiger partial charge in [0.25, 0.3) is 0 Å². The third-order valence-corrected chi connectivity index (χ3v) is 3.47. The summed E-state index contributed by atoms with van der Waals surface area (Å²) in [7, 11) is 0. The highest BCUT2D eigenvalue weighted by molar-refractivity contribution is 6.30. The van der Waals surface area contributed by atoms with Crippen molar-refractivity contribution in [1.29, 1.82) is 0 Å². The van der Waals surface area contributed by atoms with Crippen LogP contribution in [-0.2, 0) is 0 Å². The predicted octanol–water partition coefficient (Wildman–Crippen LogP) is 3.99. The lowest BCUT2D eigenvalue weighted by molar-refractivity contribution is 0.317. The highest BCUT2D eigenvalue weighted by Gasteiger charge is 2.13. The zero-order valence-electron chi connectivity index (χ0n) is 12.4. The van der Waals surface area contributed by atoms with Crippen LogP contribution in [0.25, 0.3) is 0 Å². The normalized spacial score (nSPS) is 12.2. The molecule has 3 nitrogen and oxygen atoms in total. The van der Waals surface area contributed by atoms with Crippen molar-refractivity contribution in [2.24, 2.45) is 5.84 Å². The van der Waals surface area contributed by atoms with E-state index in [1.165, 1.54) is 0 Å². The minimum Gasteiger partial charge on any atom is -0.494 e. The van der Waals surface area contributed by atoms with Crippen molar-refractivity contribution in [3.63, 3.8) is 0 Å². The van der Waals surface area contributed by atoms with Crippen LogP contribution in [0.15, 0.2) is 42.5 Å². The first-order valence-electron chi connectivity index (χ1n) is 7.10. The third-order valence-electron chi connectivity index (χ3n) is 3.25. The van der Waals surface area contributed by atoms with Crippen molar-refractivity contribution in [2.75, 3.05) is 6.61 Å². The minimum absolute atomic E-state index is 0.0948. The number of halogens is 1. The van der Waals surface area contributed by atoms with Crippen molar-refractivity contribution in [2.45, 2.75) is 26.3 Å². The van der Waals surface area contributed by atoms with Crippen molar-refractivity contribution >= 4 is 11.6 Å². The Balaban J connectivity index is 2.24. The summed E-state index contributed by atoms with van der Waals surface area (Å²) in [6.07, 6.45) is 0.997. The molecule has 2 aromatic rings. The second-order valence-corrected chi connectivity index (χ2v) is 5.52. The summed E-state index contributed by atoms with van der Waals surface area (Å²) in [6, 6.07) is 13.8. The predicted molar refractivity (Wildman–Crippen MR) is 87.6 cm³/mol. The molecular formula is C17H21ClN2O. The molecule has 0 aromatic heterocycles. The molecule has 4 heteroatoms. The highest BCUT2D eigenvalue weighted by Crippen LogP contribution is 2.26. The first kappa shape index (κ1) is 15.8. The molecule has 0 amide bonds. The molecule has 1 unspecified atom stereocenters. The molecule has 1 atom stereocenters. The minimum atomic E-state index is -0.0948. The van der Waals surface area contributed by atoms with Crippen LogP contribution in [0, 0.1) is 6.92 Å². The molecule has 3 N–H and O–H groups in total. The number of benzene rings is 2. The summed E-state index contributed by atoms with van der Waals surface area (Å²) in [4.78, 5) is 0. The molecule has 0 heterocycles. The second-order valence-electron chi connectivity index (χ2n) is 5.08. The van der Waals surface area contributed by atoms with Gasteiger partial charge >= 0.3 is 0 Å². The Labute approximate surface area is 131 Å². The smallest absolute Gasteiger partial charge is 0.119 e. The maximum atomic E-state index is 6.13. The van der Waals surface area contributed by atoms with Gasteiger partial charge in [-0.25, -0.2) is 5.43 Å². The first-order valence-corrected chi connectivity index (χ1v) is 7.47. The van der Waals surface area contributed by atoms with Gasteiger partial charge in [-0.3, -0.25) is 5.84 Å². The number of aryl methyl sites for hydroxylation is 1. The van der Waals surface area contributed by atoms with E-state index >= 15 is 0 Å². The van der Waals surface area contributed by atoms with Crippen molar-refractivity contribution < 1.29 is 4.74 Å². The van der Waals surface area contributed by atoms with E-state index in [9.17, 15) is 0 Å². The Bertz CT molecular complexity index is 564. The van der Waals surface area contributed by atoms with E-state index in [1.54, 1.807) is 0 Å². The molecule has 21 heavy (non-hydrogen) atoms. The largest absolute Gasteiger partial charge is 0.494 e. The van der Waals surface area contributed by atoms with Gasteiger partial charge in [-0.15, -0.1) is 0 Å². The van der Waals surface area contributed by atoms with Crippen LogP contribution in [0.1, 0.15) is 36.1 Å². The van der Waals surface area contributed by atoms with Gasteiger partial charge in [-0.2, -0.15) is 0 Å². The van der Waals surface area contributed by atoms with E-state index in [1.807, 2.05) is 43.3 Å². The van der Waals surface area contributed by atoms with Crippen LogP contribution in [-0.4, -0.2) is 6.61 Å². The van der Waals surface area contributed by atoms with E-state index in [0.29, 0.717) is 5.02 Å². The van der Waals surface area contributed by atoms with Gasteiger partial charge < -0.3 is 4.74 Å². The molecule has 2 rings (SSSR count). The molecule has 0 aliphatic heterocycles. The number of hydrazine groups is 1. The summed E-state index contributed by atoms with van der Waals surface area (Å²) >= 11 is 6.13. The zero-order valence-corrected chi connectivity index (χ0v) is 13.2. The van der Waals surface area contributed by atoms with Gasteiger partial charge in [-0.05, 0) is 54.3 Å². The lowest BCUT2D eigenvalue weighted by Crippen LogP contribution is -2.28. The molecule has 0 aliphatic rings. The average molecular weight is 305 g/mol. The zero-order chi connectivity index (χ0) is 15.2. The molecule has 112 valence electrons. The van der Waals surface area contributed by atoms with Crippen molar-refractivity contribution in [3.8, 4) is 5.75 Å². The van der Waals surface area contributed by atoms with Crippen molar-refractivity contribution in [3.05, 3.63) is 64.2 Å². The number of hydrogen-bond acceptors (Lipinski definition) is 3. The number of nitrogens with two attached hydrogens (primary N) is 1. The summed E-state index contributed by atoms with van der Waals surface area (Å²) in [5.74, 6) is 6.60. The van der Waals surface area contributed by atoms with Gasteiger partial charge in [0.15, 0.2) is 0 Å². The van der Waals surface area contributed by atoms with E-state index in [-0.39, 0.29) is 6.04 Å². The Morgan fingerprint density at radius 1 is 1.14 bits per heavy atom. The van der Waals surface area contributed by atoms with Crippen LogP contribution < -0.4 is 16.0 Å². The summed E-state index contributed by atoms with van der Waals surface area (Å²) in [5, 5.41) is 0.716. The fourth-order valence-corrected chi connectivity index (χ4v) is 2.59. The molecule has 0 saturated carbocycles. The van der Waals surface area contributed by atoms with Crippen LogP contribution >= 0.6 is 11.6 Å². The quantitative estimate of drug-likeness (QED) is 0.626. The van der Waals surface area contributed by atoms with Crippen LogP contribution in [0.4, 0.5) is 0 Å². The fraction of sp³-hybridized carbons (Fsp3) is 0.294. The number of hydrogen-bond donors (Lipinski definition) is 2. The standard InChI is InChI=1S/C17H21ClN2O/c1-3-8-21-16-6-4-13(5-7-16)17(20-19)14-9-12(2)10-15(18)11-14/h4-7,9-11,17,20H,3,8,19H2,1-2H3. The Kier molecular flexibility index (Phi) is 5.62. The van der Waals surface area contributed by atoms with E-state index in [2.05, 4.69) is 18.4 Å². The van der Waals surface area contributed by atoms with Crippen LogP contribution in [0.3, 0.4) is 0 Å². The van der Waals surface area contributed by atoms with Gasteiger partial charge in [0.2, 0.25) is 0 Å². The molecule has 0 saturated heterocycles. The van der Waals surface area contributed by atoms with Gasteiger partial charge in [0.05, 0.1) is 12.6 Å². The van der Waals surface area contributed by atoms with E-state index in [4.69, 9.17) is 22.2 Å².